The maximum Gasteiger partial charge on any atom is 0.183 e. The highest BCUT2D eigenvalue weighted by atomic mass is 35.5. The zero-order valence-electron chi connectivity index (χ0n) is 9.57. The number of allylic oxidation sites excluding steroid dienone is 1. The number of hydrogen-bond acceptors (Lipinski definition) is 3. The average Bonchev–Trinajstić information content (AvgIpc) is 2.36. The van der Waals surface area contributed by atoms with E-state index in [2.05, 4.69) is 0 Å². The van der Waals surface area contributed by atoms with E-state index in [0.717, 1.165) is 42.2 Å². The number of halogens is 1. The SMILES string of the molecule is O=c1cc2oc3c(cc-2c(Cl)c1)CCCC3=CO. The molecule has 0 saturated carbocycles. The fraction of sp³-hybridized carbons (Fsp3) is 0.214. The number of aryl methyl sites for hydroxylation is 1. The number of rotatable bonds is 0. The van der Waals surface area contributed by atoms with Crippen molar-refractivity contribution in [3.8, 4) is 11.3 Å². The Morgan fingerprint density at radius 3 is 2.89 bits per heavy atom. The summed E-state index contributed by atoms with van der Waals surface area (Å²) in [5.74, 6) is 1.13. The van der Waals surface area contributed by atoms with Gasteiger partial charge in [-0.25, -0.2) is 0 Å². The summed E-state index contributed by atoms with van der Waals surface area (Å²) in [6.45, 7) is 0. The summed E-state index contributed by atoms with van der Waals surface area (Å²) in [5, 5.41) is 9.62. The van der Waals surface area contributed by atoms with E-state index in [1.807, 2.05) is 6.07 Å². The summed E-state index contributed by atoms with van der Waals surface area (Å²) >= 11 is 6.05. The molecule has 0 radical (unpaired) electrons. The van der Waals surface area contributed by atoms with Crippen LogP contribution < -0.4 is 5.43 Å². The van der Waals surface area contributed by atoms with Crippen LogP contribution in [0.25, 0.3) is 16.9 Å². The van der Waals surface area contributed by atoms with Gasteiger partial charge < -0.3 is 9.52 Å². The van der Waals surface area contributed by atoms with E-state index in [4.69, 9.17) is 16.0 Å². The van der Waals surface area contributed by atoms with Gasteiger partial charge in [0.1, 0.15) is 11.5 Å². The molecule has 0 bridgehead atoms. The zero-order valence-corrected chi connectivity index (χ0v) is 10.3. The minimum Gasteiger partial charge on any atom is -0.515 e. The Hall–Kier alpha value is -1.74. The highest BCUT2D eigenvalue weighted by Gasteiger charge is 2.21. The molecule has 0 amide bonds. The predicted octanol–water partition coefficient (Wildman–Crippen LogP) is 3.63. The smallest absolute Gasteiger partial charge is 0.183 e. The third-order valence-corrected chi connectivity index (χ3v) is 3.54. The van der Waals surface area contributed by atoms with Gasteiger partial charge in [-0.1, -0.05) is 11.6 Å². The minimum atomic E-state index is -0.179. The first-order valence-corrected chi connectivity index (χ1v) is 6.17. The van der Waals surface area contributed by atoms with Crippen molar-refractivity contribution >= 4 is 17.2 Å². The Morgan fingerprint density at radius 2 is 2.11 bits per heavy atom. The molecule has 0 atom stereocenters. The molecule has 0 aromatic rings. The molecule has 1 aliphatic heterocycles. The standard InChI is InChI=1S/C14H11ClO3/c15-12-5-10(17)6-13-11(12)4-8-2-1-3-9(7-16)14(8)18-13/h4-7,16H,1-3H2. The Kier molecular flexibility index (Phi) is 2.63. The maximum atomic E-state index is 11.4. The first kappa shape index (κ1) is 11.4. The zero-order chi connectivity index (χ0) is 12.7. The van der Waals surface area contributed by atoms with E-state index >= 15 is 0 Å². The number of benzene rings is 1. The fourth-order valence-corrected chi connectivity index (χ4v) is 2.63. The normalized spacial score (nSPS) is 17.1. The summed E-state index contributed by atoms with van der Waals surface area (Å²) < 4.78 is 5.74. The lowest BCUT2D eigenvalue weighted by atomic mass is 9.91. The van der Waals surface area contributed by atoms with Crippen LogP contribution in [0.2, 0.25) is 5.02 Å². The second-order valence-electron chi connectivity index (χ2n) is 4.43. The highest BCUT2D eigenvalue weighted by Crippen LogP contribution is 2.37. The number of hydrogen-bond donors (Lipinski definition) is 1. The van der Waals surface area contributed by atoms with Crippen LogP contribution in [0.4, 0.5) is 0 Å². The number of aliphatic hydroxyl groups excluding tert-OH is 1. The molecule has 1 N–H and O–H groups in total. The van der Waals surface area contributed by atoms with Crippen molar-refractivity contribution in [2.75, 3.05) is 0 Å². The molecule has 0 unspecified atom stereocenters. The Morgan fingerprint density at radius 1 is 1.28 bits per heavy atom. The largest absolute Gasteiger partial charge is 0.515 e. The Bertz CT molecular complexity index is 670. The van der Waals surface area contributed by atoms with E-state index in [-0.39, 0.29) is 5.43 Å². The second-order valence-corrected chi connectivity index (χ2v) is 4.83. The fourth-order valence-electron chi connectivity index (χ4n) is 2.37. The quantitative estimate of drug-likeness (QED) is 0.738. The van der Waals surface area contributed by atoms with Crippen LogP contribution in [0.3, 0.4) is 0 Å². The molecule has 3 rings (SSSR count). The molecule has 3 aliphatic rings. The van der Waals surface area contributed by atoms with Gasteiger partial charge in [-0.3, -0.25) is 4.79 Å². The third kappa shape index (κ3) is 1.71. The summed E-state index contributed by atoms with van der Waals surface area (Å²) in [6, 6.07) is 4.75. The molecule has 0 aromatic carbocycles. The highest BCUT2D eigenvalue weighted by molar-refractivity contribution is 6.33. The van der Waals surface area contributed by atoms with Crippen molar-refractivity contribution in [1.29, 1.82) is 0 Å². The van der Waals surface area contributed by atoms with Gasteiger partial charge in [-0.05, 0) is 30.9 Å². The van der Waals surface area contributed by atoms with Crippen LogP contribution in [0.5, 0.6) is 0 Å². The summed E-state index contributed by atoms with van der Waals surface area (Å²) in [7, 11) is 0. The third-order valence-electron chi connectivity index (χ3n) is 3.23. The lowest BCUT2D eigenvalue weighted by molar-refractivity contribution is 0.464. The van der Waals surface area contributed by atoms with E-state index in [9.17, 15) is 9.90 Å². The van der Waals surface area contributed by atoms with Crippen molar-refractivity contribution in [2.24, 2.45) is 0 Å². The van der Waals surface area contributed by atoms with Crippen LogP contribution in [0.1, 0.15) is 24.2 Å². The predicted molar refractivity (Wildman–Crippen MR) is 70.2 cm³/mol. The molecular weight excluding hydrogens is 252 g/mol. The van der Waals surface area contributed by atoms with Gasteiger partial charge in [0.15, 0.2) is 5.43 Å². The summed E-state index contributed by atoms with van der Waals surface area (Å²) in [4.78, 5) is 11.4. The molecule has 0 saturated heterocycles. The van der Waals surface area contributed by atoms with Gasteiger partial charge in [-0.2, -0.15) is 0 Å². The van der Waals surface area contributed by atoms with Gasteiger partial charge in [-0.15, -0.1) is 0 Å². The molecule has 3 nitrogen and oxygen atoms in total. The van der Waals surface area contributed by atoms with E-state index < -0.39 is 0 Å². The summed E-state index contributed by atoms with van der Waals surface area (Å²) in [6.07, 6.45) is 3.72. The lowest BCUT2D eigenvalue weighted by Gasteiger charge is -2.19. The molecule has 0 fully saturated rings. The van der Waals surface area contributed by atoms with Crippen molar-refractivity contribution in [1.82, 2.24) is 0 Å². The van der Waals surface area contributed by atoms with Crippen LogP contribution in [-0.2, 0) is 6.42 Å². The first-order valence-electron chi connectivity index (χ1n) is 5.79. The van der Waals surface area contributed by atoms with E-state index in [0.29, 0.717) is 16.5 Å². The van der Waals surface area contributed by atoms with Gasteiger partial charge in [0.05, 0.1) is 11.3 Å². The monoisotopic (exact) mass is 262 g/mol. The molecule has 1 heterocycles. The maximum absolute atomic E-state index is 11.4. The molecule has 0 spiro atoms. The van der Waals surface area contributed by atoms with E-state index in [1.54, 1.807) is 0 Å². The van der Waals surface area contributed by atoms with Crippen molar-refractivity contribution in [3.63, 3.8) is 0 Å². The lowest BCUT2D eigenvalue weighted by Crippen LogP contribution is -2.06. The topological polar surface area (TPSA) is 50.4 Å². The second kappa shape index (κ2) is 4.18. The van der Waals surface area contributed by atoms with Crippen molar-refractivity contribution in [3.05, 3.63) is 51.0 Å². The summed E-state index contributed by atoms with van der Waals surface area (Å²) in [5.41, 5.74) is 2.36. The minimum absolute atomic E-state index is 0.179. The van der Waals surface area contributed by atoms with Gasteiger partial charge in [0, 0.05) is 23.3 Å². The van der Waals surface area contributed by atoms with Gasteiger partial charge >= 0.3 is 0 Å². The first-order chi connectivity index (χ1) is 8.69. The van der Waals surface area contributed by atoms with Crippen molar-refractivity contribution in [2.45, 2.75) is 19.3 Å². The van der Waals surface area contributed by atoms with Gasteiger partial charge in [0.25, 0.3) is 0 Å². The average molecular weight is 263 g/mol. The molecule has 0 aromatic heterocycles. The Balaban J connectivity index is 2.34. The van der Waals surface area contributed by atoms with E-state index in [1.165, 1.54) is 12.1 Å². The Labute approximate surface area is 109 Å². The van der Waals surface area contributed by atoms with Crippen LogP contribution in [0, 0.1) is 0 Å². The molecule has 92 valence electrons. The van der Waals surface area contributed by atoms with Crippen LogP contribution >= 0.6 is 11.6 Å². The number of fused-ring (bicyclic) bond motifs is 2. The van der Waals surface area contributed by atoms with Gasteiger partial charge in [0.2, 0.25) is 0 Å². The molecule has 2 aliphatic carbocycles. The molecular formula is C14H11ClO3. The molecule has 18 heavy (non-hydrogen) atoms. The number of aliphatic hydroxyl groups is 1. The van der Waals surface area contributed by atoms with Crippen LogP contribution in [-0.4, -0.2) is 5.11 Å². The van der Waals surface area contributed by atoms with Crippen LogP contribution in [0.15, 0.2) is 33.7 Å². The van der Waals surface area contributed by atoms with Crippen molar-refractivity contribution < 1.29 is 9.52 Å². The molecule has 4 heteroatoms.